The summed E-state index contributed by atoms with van der Waals surface area (Å²) >= 11 is 5.89. The van der Waals surface area contributed by atoms with Crippen LogP contribution in [0, 0.1) is 5.92 Å². The van der Waals surface area contributed by atoms with Crippen LogP contribution < -0.4 is 5.32 Å². The smallest absolute Gasteiger partial charge is 0.258 e. The highest BCUT2D eigenvalue weighted by atomic mass is 35.5. The van der Waals surface area contributed by atoms with Gasteiger partial charge in [-0.3, -0.25) is 4.79 Å². The molecule has 0 spiro atoms. The maximum atomic E-state index is 12.2. The molecule has 2 aromatic carbocycles. The van der Waals surface area contributed by atoms with E-state index in [0.29, 0.717) is 16.7 Å². The highest BCUT2D eigenvalue weighted by molar-refractivity contribution is 6.30. The lowest BCUT2D eigenvalue weighted by Gasteiger charge is -2.12. The van der Waals surface area contributed by atoms with Crippen LogP contribution in [-0.4, -0.2) is 16.0 Å². The van der Waals surface area contributed by atoms with Crippen molar-refractivity contribution in [2.45, 2.75) is 26.7 Å². The Morgan fingerprint density at radius 2 is 1.65 bits per heavy atom. The number of hydrogen-bond acceptors (Lipinski definition) is 4. The zero-order valence-corrected chi connectivity index (χ0v) is 15.5. The molecule has 1 aromatic heterocycles. The molecule has 0 aliphatic carbocycles. The molecule has 0 bridgehead atoms. The molecule has 3 aromatic rings. The fourth-order valence-electron chi connectivity index (χ4n) is 2.66. The molecular formula is C20H20ClN3O2. The molecule has 0 unspecified atom stereocenters. The minimum atomic E-state index is 0.0348. The second-order valence-electron chi connectivity index (χ2n) is 6.01. The van der Waals surface area contributed by atoms with E-state index in [2.05, 4.69) is 15.5 Å². The lowest BCUT2D eigenvalue weighted by atomic mass is 10.0. The van der Waals surface area contributed by atoms with Crippen molar-refractivity contribution in [3.05, 3.63) is 53.6 Å². The van der Waals surface area contributed by atoms with Gasteiger partial charge in [-0.25, -0.2) is 0 Å². The Labute approximate surface area is 157 Å². The lowest BCUT2D eigenvalue weighted by molar-refractivity contribution is -0.120. The van der Waals surface area contributed by atoms with Crippen molar-refractivity contribution in [1.29, 1.82) is 0 Å². The summed E-state index contributed by atoms with van der Waals surface area (Å²) in [6.45, 7) is 4.04. The zero-order chi connectivity index (χ0) is 18.5. The molecule has 0 saturated carbocycles. The quantitative estimate of drug-likeness (QED) is 0.628. The highest BCUT2D eigenvalue weighted by Crippen LogP contribution is 2.24. The van der Waals surface area contributed by atoms with Crippen molar-refractivity contribution in [2.24, 2.45) is 5.92 Å². The molecule has 0 atom stereocenters. The van der Waals surface area contributed by atoms with Crippen LogP contribution in [0.5, 0.6) is 0 Å². The summed E-state index contributed by atoms with van der Waals surface area (Å²) in [7, 11) is 0. The molecule has 134 valence electrons. The van der Waals surface area contributed by atoms with Gasteiger partial charge in [-0.05, 0) is 61.4 Å². The van der Waals surface area contributed by atoms with Crippen LogP contribution in [0.4, 0.5) is 5.69 Å². The second kappa shape index (κ2) is 8.15. The molecule has 1 N–H and O–H groups in total. The summed E-state index contributed by atoms with van der Waals surface area (Å²) in [5, 5.41) is 7.61. The summed E-state index contributed by atoms with van der Waals surface area (Å²) in [6.07, 6.45) is 1.66. The number of nitrogens with one attached hydrogen (secondary N) is 1. The van der Waals surface area contributed by atoms with Crippen LogP contribution >= 0.6 is 11.6 Å². The van der Waals surface area contributed by atoms with Crippen molar-refractivity contribution in [3.63, 3.8) is 0 Å². The van der Waals surface area contributed by atoms with Crippen molar-refractivity contribution < 1.29 is 9.32 Å². The van der Waals surface area contributed by atoms with E-state index in [-0.39, 0.29) is 11.8 Å². The molecule has 1 heterocycles. The minimum absolute atomic E-state index is 0.0348. The Morgan fingerprint density at radius 1 is 1.04 bits per heavy atom. The number of carbonyl (C=O) groups is 1. The van der Waals surface area contributed by atoms with E-state index in [1.165, 1.54) is 0 Å². The third-order valence-corrected chi connectivity index (χ3v) is 4.54. The number of aromatic nitrogens is 2. The average molecular weight is 370 g/mol. The summed E-state index contributed by atoms with van der Waals surface area (Å²) in [5.41, 5.74) is 2.37. The molecule has 0 aliphatic rings. The van der Waals surface area contributed by atoms with E-state index < -0.39 is 0 Å². The van der Waals surface area contributed by atoms with Crippen LogP contribution in [0.15, 0.2) is 53.1 Å². The van der Waals surface area contributed by atoms with Gasteiger partial charge in [0.25, 0.3) is 5.89 Å². The van der Waals surface area contributed by atoms with Gasteiger partial charge in [-0.15, -0.1) is 0 Å². The van der Waals surface area contributed by atoms with E-state index in [1.807, 2.05) is 50.2 Å². The van der Waals surface area contributed by atoms with Gasteiger partial charge < -0.3 is 9.84 Å². The fourth-order valence-corrected chi connectivity index (χ4v) is 2.78. The largest absolute Gasteiger partial charge is 0.334 e. The first kappa shape index (κ1) is 18.1. The third kappa shape index (κ3) is 4.11. The van der Waals surface area contributed by atoms with Crippen molar-refractivity contribution >= 4 is 23.2 Å². The van der Waals surface area contributed by atoms with E-state index in [4.69, 9.17) is 16.1 Å². The van der Waals surface area contributed by atoms with E-state index in [0.717, 1.165) is 29.7 Å². The predicted octanol–water partition coefficient (Wildman–Crippen LogP) is 5.43. The number of halogens is 1. The van der Waals surface area contributed by atoms with Crippen LogP contribution in [0.2, 0.25) is 5.02 Å². The van der Waals surface area contributed by atoms with Gasteiger partial charge in [-0.2, -0.15) is 4.98 Å². The van der Waals surface area contributed by atoms with Crippen molar-refractivity contribution in [3.8, 4) is 22.8 Å². The van der Waals surface area contributed by atoms with Crippen LogP contribution in [0.25, 0.3) is 22.8 Å². The van der Waals surface area contributed by atoms with Crippen molar-refractivity contribution in [1.82, 2.24) is 10.1 Å². The average Bonchev–Trinajstić information content (AvgIpc) is 3.14. The number of amides is 1. The first-order chi connectivity index (χ1) is 12.6. The molecule has 26 heavy (non-hydrogen) atoms. The maximum absolute atomic E-state index is 12.2. The van der Waals surface area contributed by atoms with Gasteiger partial charge in [0.1, 0.15) is 0 Å². The molecule has 3 rings (SSSR count). The van der Waals surface area contributed by atoms with E-state index >= 15 is 0 Å². The van der Waals surface area contributed by atoms with Gasteiger partial charge in [-0.1, -0.05) is 30.6 Å². The SMILES string of the molecule is CCC(CC)C(=O)Nc1ccc(-c2nc(-c3ccc(Cl)cc3)no2)cc1. The molecule has 1 amide bonds. The molecular weight excluding hydrogens is 350 g/mol. The zero-order valence-electron chi connectivity index (χ0n) is 14.7. The minimum Gasteiger partial charge on any atom is -0.334 e. The van der Waals surface area contributed by atoms with E-state index in [1.54, 1.807) is 12.1 Å². The van der Waals surface area contributed by atoms with Crippen LogP contribution in [-0.2, 0) is 4.79 Å². The van der Waals surface area contributed by atoms with Gasteiger partial charge in [0.05, 0.1) is 0 Å². The summed E-state index contributed by atoms with van der Waals surface area (Å²) in [6, 6.07) is 14.6. The number of carbonyl (C=O) groups excluding carboxylic acids is 1. The number of rotatable bonds is 6. The lowest BCUT2D eigenvalue weighted by Crippen LogP contribution is -2.21. The molecule has 5 nitrogen and oxygen atoms in total. The van der Waals surface area contributed by atoms with Gasteiger partial charge in [0.2, 0.25) is 11.7 Å². The number of nitrogens with zero attached hydrogens (tertiary/aromatic N) is 2. The molecule has 6 heteroatoms. The van der Waals surface area contributed by atoms with Gasteiger partial charge in [0, 0.05) is 27.8 Å². The third-order valence-electron chi connectivity index (χ3n) is 4.28. The molecule has 0 radical (unpaired) electrons. The Bertz CT molecular complexity index is 869. The molecule has 0 aliphatic heterocycles. The Hall–Kier alpha value is -2.66. The summed E-state index contributed by atoms with van der Waals surface area (Å²) < 4.78 is 5.35. The number of hydrogen-bond donors (Lipinski definition) is 1. The standard InChI is InChI=1S/C20H20ClN3O2/c1-3-13(4-2)19(25)22-17-11-7-15(8-12-17)20-23-18(24-26-20)14-5-9-16(21)10-6-14/h5-13H,3-4H2,1-2H3,(H,22,25). The monoisotopic (exact) mass is 369 g/mol. The fraction of sp³-hybridized carbons (Fsp3) is 0.250. The summed E-state index contributed by atoms with van der Waals surface area (Å²) in [4.78, 5) is 16.6. The van der Waals surface area contributed by atoms with E-state index in [9.17, 15) is 4.79 Å². The molecule has 0 fully saturated rings. The predicted molar refractivity (Wildman–Crippen MR) is 103 cm³/mol. The topological polar surface area (TPSA) is 68.0 Å². The van der Waals surface area contributed by atoms with Crippen LogP contribution in [0.3, 0.4) is 0 Å². The highest BCUT2D eigenvalue weighted by Gasteiger charge is 2.15. The Morgan fingerprint density at radius 3 is 2.27 bits per heavy atom. The first-order valence-electron chi connectivity index (χ1n) is 8.61. The first-order valence-corrected chi connectivity index (χ1v) is 8.99. The second-order valence-corrected chi connectivity index (χ2v) is 6.45. The molecule has 0 saturated heterocycles. The summed E-state index contributed by atoms with van der Waals surface area (Å²) in [5.74, 6) is 1.01. The Balaban J connectivity index is 1.73. The van der Waals surface area contributed by atoms with Crippen LogP contribution in [0.1, 0.15) is 26.7 Å². The normalized spacial score (nSPS) is 10.9. The van der Waals surface area contributed by atoms with Crippen molar-refractivity contribution in [2.75, 3.05) is 5.32 Å². The maximum Gasteiger partial charge on any atom is 0.258 e. The van der Waals surface area contributed by atoms with Gasteiger partial charge >= 0.3 is 0 Å². The van der Waals surface area contributed by atoms with Gasteiger partial charge in [0.15, 0.2) is 0 Å². The number of benzene rings is 2. The number of anilines is 1. The Kier molecular flexibility index (Phi) is 5.68.